The molecule has 0 spiro atoms. The highest BCUT2D eigenvalue weighted by atomic mass is 16.6. The van der Waals surface area contributed by atoms with Crippen LogP contribution in [0, 0.1) is 0 Å². The van der Waals surface area contributed by atoms with Crippen LogP contribution in [0.1, 0.15) is 50.0 Å². The molecule has 1 aliphatic heterocycles. The number of aryl methyl sites for hydroxylation is 1. The number of aromatic nitrogens is 6. The summed E-state index contributed by atoms with van der Waals surface area (Å²) >= 11 is 0. The van der Waals surface area contributed by atoms with Crippen LogP contribution in [-0.4, -0.2) is 73.2 Å². The number of aromatic amines is 1. The number of tetrazole rings is 1. The number of H-pyrrole nitrogens is 1. The lowest BCUT2D eigenvalue weighted by Crippen LogP contribution is -2.63. The summed E-state index contributed by atoms with van der Waals surface area (Å²) in [6, 6.07) is 15.8. The molecule has 218 valence electrons. The fourth-order valence-corrected chi connectivity index (χ4v) is 5.70. The molecule has 0 fully saturated rings. The molecule has 4 aromatic rings. The van der Waals surface area contributed by atoms with Gasteiger partial charge in [-0.15, -0.1) is 5.10 Å². The van der Waals surface area contributed by atoms with Gasteiger partial charge in [0, 0.05) is 31.5 Å². The number of Topliss-reactive ketones (excluding diaryl/α,β-unsaturated/α-hetero) is 1. The molecule has 12 nitrogen and oxygen atoms in total. The van der Waals surface area contributed by atoms with Gasteiger partial charge in [0.25, 0.3) is 0 Å². The fraction of sp³-hybridized carbons (Fsp3) is 0.367. The highest BCUT2D eigenvalue weighted by molar-refractivity contribution is 6.10. The van der Waals surface area contributed by atoms with Gasteiger partial charge >= 0.3 is 12.1 Å². The quantitative estimate of drug-likeness (QED) is 0.235. The van der Waals surface area contributed by atoms with Crippen LogP contribution in [0.4, 0.5) is 4.79 Å². The molecule has 0 saturated carbocycles. The molecule has 2 aromatic carbocycles. The first-order chi connectivity index (χ1) is 20.4. The lowest BCUT2D eigenvalue weighted by atomic mass is 9.83. The predicted molar refractivity (Wildman–Crippen MR) is 152 cm³/mol. The van der Waals surface area contributed by atoms with Crippen molar-refractivity contribution in [2.24, 2.45) is 0 Å². The van der Waals surface area contributed by atoms with Crippen molar-refractivity contribution in [2.75, 3.05) is 20.3 Å². The lowest BCUT2D eigenvalue weighted by Gasteiger charge is -2.42. The van der Waals surface area contributed by atoms with E-state index in [4.69, 9.17) is 14.5 Å². The van der Waals surface area contributed by atoms with E-state index >= 15 is 0 Å². The third-order valence-electron chi connectivity index (χ3n) is 7.52. The molecule has 0 radical (unpaired) electrons. The van der Waals surface area contributed by atoms with E-state index in [1.807, 2.05) is 60.0 Å². The van der Waals surface area contributed by atoms with Crippen LogP contribution in [0.2, 0.25) is 0 Å². The number of methoxy groups -OCH3 is 1. The molecule has 1 atom stereocenters. The van der Waals surface area contributed by atoms with Crippen molar-refractivity contribution in [2.45, 2.75) is 52.1 Å². The Bertz CT molecular complexity index is 1600. The van der Waals surface area contributed by atoms with Crippen molar-refractivity contribution in [1.29, 1.82) is 0 Å². The zero-order valence-electron chi connectivity index (χ0n) is 24.1. The average molecular weight is 572 g/mol. The number of carbonyl (C=O) groups excluding carboxylic acids is 3. The summed E-state index contributed by atoms with van der Waals surface area (Å²) in [6.45, 7) is 5.53. The minimum atomic E-state index is -2.02. The second-order valence-electron chi connectivity index (χ2n) is 10.0. The highest BCUT2D eigenvalue weighted by Gasteiger charge is 2.59. The number of ketones is 1. The Morgan fingerprint density at radius 2 is 1.79 bits per heavy atom. The monoisotopic (exact) mass is 571 g/mol. The first kappa shape index (κ1) is 28.7. The number of rotatable bonds is 9. The Morgan fingerprint density at radius 1 is 1.05 bits per heavy atom. The first-order valence-corrected chi connectivity index (χ1v) is 13.9. The third kappa shape index (κ3) is 4.82. The fourth-order valence-electron chi connectivity index (χ4n) is 5.70. The van der Waals surface area contributed by atoms with E-state index in [-0.39, 0.29) is 13.2 Å². The van der Waals surface area contributed by atoms with Crippen molar-refractivity contribution >= 4 is 17.8 Å². The van der Waals surface area contributed by atoms with Gasteiger partial charge < -0.3 is 14.0 Å². The Balaban J connectivity index is 1.60. The number of carbonyl (C=O) groups is 3. The van der Waals surface area contributed by atoms with E-state index < -0.39 is 23.4 Å². The van der Waals surface area contributed by atoms with Gasteiger partial charge in [0.05, 0.1) is 25.1 Å². The Kier molecular flexibility index (Phi) is 8.14. The van der Waals surface area contributed by atoms with Crippen LogP contribution >= 0.6 is 0 Å². The van der Waals surface area contributed by atoms with Crippen LogP contribution in [0.15, 0.2) is 48.5 Å². The van der Waals surface area contributed by atoms with Crippen molar-refractivity contribution in [3.8, 4) is 22.5 Å². The Labute approximate surface area is 243 Å². The van der Waals surface area contributed by atoms with E-state index in [9.17, 15) is 14.4 Å². The van der Waals surface area contributed by atoms with E-state index in [1.54, 1.807) is 6.92 Å². The number of ether oxygens (including phenoxy) is 2. The highest BCUT2D eigenvalue weighted by Crippen LogP contribution is 2.40. The second kappa shape index (κ2) is 11.9. The van der Waals surface area contributed by atoms with E-state index in [0.29, 0.717) is 36.6 Å². The number of imidazole rings is 1. The summed E-state index contributed by atoms with van der Waals surface area (Å²) < 4.78 is 12.4. The molecule has 2 aromatic heterocycles. The zero-order valence-corrected chi connectivity index (χ0v) is 24.1. The molecule has 42 heavy (non-hydrogen) atoms. The van der Waals surface area contributed by atoms with E-state index in [1.165, 1.54) is 18.9 Å². The van der Waals surface area contributed by atoms with E-state index in [0.717, 1.165) is 34.5 Å². The average Bonchev–Trinajstić information content (AvgIpc) is 3.66. The number of esters is 1. The van der Waals surface area contributed by atoms with Crippen LogP contribution in [0.3, 0.4) is 0 Å². The minimum Gasteiger partial charge on any atom is -0.467 e. The smallest absolute Gasteiger partial charge is 0.411 e. The number of nitrogens with zero attached hydrogens (tertiary/aromatic N) is 6. The minimum absolute atomic E-state index is 0.0951. The molecule has 1 aliphatic rings. The Morgan fingerprint density at radius 3 is 2.40 bits per heavy atom. The van der Waals surface area contributed by atoms with Crippen molar-refractivity contribution in [3.05, 3.63) is 71.3 Å². The normalized spacial score (nSPS) is 16.1. The molecule has 3 heterocycles. The topological polar surface area (TPSA) is 145 Å². The number of nitrogens with one attached hydrogen (secondary N) is 1. The van der Waals surface area contributed by atoms with Crippen molar-refractivity contribution < 1.29 is 23.9 Å². The molecular formula is C30H33N7O5. The number of hydrogen-bond donors (Lipinski definition) is 1. The standard InChI is InChI=1S/C30H33N7O5/c1-5-9-25-31-24-16-17-37(29(40)42-6-2)30(19(3)38,28(39)41-4)26(24)36(25)18-20-12-14-21(15-13-20)22-10-7-8-11-23(22)27-32-34-35-33-27/h7-8,10-15H,5-6,9,16-18H2,1-4H3,(H,32,33,34,35). The Hall–Kier alpha value is -4.87. The van der Waals surface area contributed by atoms with Gasteiger partial charge in [0.1, 0.15) is 5.82 Å². The molecule has 5 rings (SSSR count). The number of hydrogen-bond acceptors (Lipinski definition) is 9. The molecule has 1 N–H and O–H groups in total. The predicted octanol–water partition coefficient (Wildman–Crippen LogP) is 3.70. The van der Waals surface area contributed by atoms with Crippen molar-refractivity contribution in [1.82, 2.24) is 35.1 Å². The van der Waals surface area contributed by atoms with Gasteiger partial charge in [-0.25, -0.2) is 19.7 Å². The number of fused-ring (bicyclic) bond motifs is 1. The SMILES string of the molecule is CCCc1nc2c(n1Cc1ccc(-c3ccccc3-c3nnn[nH]3)cc1)C(C(C)=O)(C(=O)OC)N(C(=O)OCC)CC2. The molecule has 0 saturated heterocycles. The van der Waals surface area contributed by atoms with Crippen LogP contribution in [0.25, 0.3) is 22.5 Å². The summed E-state index contributed by atoms with van der Waals surface area (Å²) in [6.07, 6.45) is 1.04. The molecular weight excluding hydrogens is 538 g/mol. The van der Waals surface area contributed by atoms with Gasteiger partial charge in [0.2, 0.25) is 5.54 Å². The maximum Gasteiger partial charge on any atom is 0.411 e. The summed E-state index contributed by atoms with van der Waals surface area (Å²) in [4.78, 5) is 46.3. The van der Waals surface area contributed by atoms with Crippen molar-refractivity contribution in [3.63, 3.8) is 0 Å². The molecule has 1 amide bonds. The maximum atomic E-state index is 13.6. The van der Waals surface area contributed by atoms with Crippen LogP contribution < -0.4 is 0 Å². The summed E-state index contributed by atoms with van der Waals surface area (Å²) in [5.74, 6) is -0.0862. The van der Waals surface area contributed by atoms with Gasteiger partial charge in [-0.2, -0.15) is 0 Å². The van der Waals surface area contributed by atoms with Gasteiger partial charge in [-0.05, 0) is 47.4 Å². The van der Waals surface area contributed by atoms with Gasteiger partial charge in [-0.1, -0.05) is 55.5 Å². The summed E-state index contributed by atoms with van der Waals surface area (Å²) in [7, 11) is 1.21. The largest absolute Gasteiger partial charge is 0.467 e. The van der Waals surface area contributed by atoms with Crippen LogP contribution in [-0.2, 0) is 44.0 Å². The maximum absolute atomic E-state index is 13.6. The van der Waals surface area contributed by atoms with Crippen LogP contribution in [0.5, 0.6) is 0 Å². The molecule has 0 aliphatic carbocycles. The summed E-state index contributed by atoms with van der Waals surface area (Å²) in [5.41, 5.74) is 2.66. The molecule has 0 bridgehead atoms. The summed E-state index contributed by atoms with van der Waals surface area (Å²) in [5, 5.41) is 14.3. The second-order valence-corrected chi connectivity index (χ2v) is 10.0. The van der Waals surface area contributed by atoms with E-state index in [2.05, 4.69) is 20.6 Å². The molecule has 12 heteroatoms. The number of amides is 1. The first-order valence-electron chi connectivity index (χ1n) is 13.9. The lowest BCUT2D eigenvalue weighted by molar-refractivity contribution is -0.161. The number of benzene rings is 2. The molecule has 1 unspecified atom stereocenters. The van der Waals surface area contributed by atoms with Gasteiger partial charge in [0.15, 0.2) is 11.6 Å². The van der Waals surface area contributed by atoms with Gasteiger partial charge in [-0.3, -0.25) is 9.69 Å². The zero-order chi connectivity index (χ0) is 29.9. The third-order valence-corrected chi connectivity index (χ3v) is 7.52.